The van der Waals surface area contributed by atoms with Gasteiger partial charge in [0.1, 0.15) is 0 Å². The molecule has 1 aromatic heterocycles. The molecule has 3 rings (SSSR count). The second kappa shape index (κ2) is 8.90. The zero-order valence-electron chi connectivity index (χ0n) is 14.5. The average Bonchev–Trinajstić information content (AvgIpc) is 3.05. The minimum atomic E-state index is -0.781. The van der Waals surface area contributed by atoms with E-state index in [9.17, 15) is 20.1 Å². The molecule has 8 nitrogen and oxygen atoms in total. The predicted molar refractivity (Wildman–Crippen MR) is 98.9 cm³/mol. The van der Waals surface area contributed by atoms with E-state index in [2.05, 4.69) is 20.5 Å². The number of likely N-dealkylation sites (N-methyl/N-ethyl adjacent to an activating group) is 1. The molecule has 0 bridgehead atoms. The molecule has 0 saturated heterocycles. The van der Waals surface area contributed by atoms with Crippen LogP contribution in [0, 0.1) is 0 Å². The molecule has 28 heavy (non-hydrogen) atoms. The summed E-state index contributed by atoms with van der Waals surface area (Å²) in [6.07, 6.45) is 0. The summed E-state index contributed by atoms with van der Waals surface area (Å²) in [6.45, 7) is 0. The van der Waals surface area contributed by atoms with Gasteiger partial charge >= 0.3 is 16.5 Å². The molecule has 2 aromatic carbocycles. The summed E-state index contributed by atoms with van der Waals surface area (Å²) < 4.78 is 0. The van der Waals surface area contributed by atoms with Crippen LogP contribution in [0.3, 0.4) is 0 Å². The Kier molecular flexibility index (Phi) is 6.61. The van der Waals surface area contributed by atoms with Gasteiger partial charge in [0.15, 0.2) is 5.82 Å². The summed E-state index contributed by atoms with van der Waals surface area (Å²) in [5.74, 6) is 0.290. The van der Waals surface area contributed by atoms with Crippen molar-refractivity contribution < 1.29 is 31.2 Å². The Hall–Kier alpha value is -3.54. The number of hydrogen-bond acceptors (Lipinski definition) is 4. The molecule has 0 aliphatic carbocycles. The Morgan fingerprint density at radius 1 is 1.11 bits per heavy atom. The number of carbonyl (C=O) groups is 2. The standard InChI is InChI=1S/C19H14N5O3.Ni/c1-21-18(26)14(10-20)16-11-6-2-3-7-12(11)17(22-16)23-24-19(27)13-8-4-5-9-15(13)25;/h2-9,22,25H,1H3,(H,21,26);/q-1;+2/p-1. The average molecular weight is 418 g/mol. The van der Waals surface area contributed by atoms with Crippen LogP contribution in [0.1, 0.15) is 16.1 Å². The summed E-state index contributed by atoms with van der Waals surface area (Å²) in [7, 11) is 1.42. The molecular formula is C19H13N5NiO3. The fourth-order valence-corrected chi connectivity index (χ4v) is 2.57. The minimum Gasteiger partial charge on any atom is -0.872 e. The third-order valence-electron chi connectivity index (χ3n) is 3.87. The van der Waals surface area contributed by atoms with Gasteiger partial charge in [-0.3, -0.25) is 15.5 Å². The molecular weight excluding hydrogens is 405 g/mol. The normalized spacial score (nSPS) is 10.3. The first-order chi connectivity index (χ1) is 13.1. The number of nitrogens with zero attached hydrogens (tertiary/aromatic N) is 3. The topological polar surface area (TPSA) is 132 Å². The van der Waals surface area contributed by atoms with Crippen molar-refractivity contribution in [3.05, 3.63) is 65.2 Å². The van der Waals surface area contributed by atoms with Crippen molar-refractivity contribution in [2.75, 3.05) is 7.05 Å². The van der Waals surface area contributed by atoms with Crippen LogP contribution < -0.4 is 10.4 Å². The zero-order chi connectivity index (χ0) is 19.4. The van der Waals surface area contributed by atoms with Crippen molar-refractivity contribution in [3.8, 4) is 5.75 Å². The Bertz CT molecular complexity index is 1130. The molecule has 0 aliphatic rings. The number of nitrogens with one attached hydrogen (secondary N) is 2. The number of aromatic amines is 1. The van der Waals surface area contributed by atoms with Gasteiger partial charge in [-0.1, -0.05) is 48.2 Å². The molecule has 0 spiro atoms. The van der Waals surface area contributed by atoms with Gasteiger partial charge in [0, 0.05) is 23.4 Å². The van der Waals surface area contributed by atoms with Gasteiger partial charge in [-0.25, -0.2) is 0 Å². The first-order valence-corrected chi connectivity index (χ1v) is 7.89. The van der Waals surface area contributed by atoms with E-state index in [-0.39, 0.29) is 39.1 Å². The molecule has 0 saturated carbocycles. The molecule has 1 heterocycles. The van der Waals surface area contributed by atoms with Gasteiger partial charge in [0.05, 0.1) is 11.3 Å². The van der Waals surface area contributed by atoms with E-state index in [0.29, 0.717) is 10.8 Å². The SMILES string of the molecule is CNC(=O)C(=C=[N-])c1[nH]c(N=NC(=O)c2ccccc2[O-])c2ccccc12.[Ni+2]. The second-order valence-electron chi connectivity index (χ2n) is 5.46. The summed E-state index contributed by atoms with van der Waals surface area (Å²) in [4.78, 5) is 26.9. The first kappa shape index (κ1) is 20.8. The van der Waals surface area contributed by atoms with Gasteiger partial charge in [-0.2, -0.15) is 0 Å². The van der Waals surface area contributed by atoms with E-state index >= 15 is 0 Å². The zero-order valence-corrected chi connectivity index (χ0v) is 15.5. The number of aromatic nitrogens is 1. The number of benzene rings is 2. The Morgan fingerprint density at radius 2 is 1.75 bits per heavy atom. The molecule has 0 aliphatic heterocycles. The molecule has 0 atom stereocenters. The van der Waals surface area contributed by atoms with Gasteiger partial charge in [0.2, 0.25) is 0 Å². The molecule has 0 fully saturated rings. The summed E-state index contributed by atoms with van der Waals surface area (Å²) >= 11 is 0. The quantitative estimate of drug-likeness (QED) is 0.292. The molecule has 9 heteroatoms. The first-order valence-electron chi connectivity index (χ1n) is 7.89. The Labute approximate surface area is 169 Å². The van der Waals surface area contributed by atoms with Gasteiger partial charge in [-0.05, 0) is 6.07 Å². The number of azo groups is 1. The van der Waals surface area contributed by atoms with E-state index in [0.717, 1.165) is 0 Å². The largest absolute Gasteiger partial charge is 2.00 e. The van der Waals surface area contributed by atoms with E-state index in [1.165, 1.54) is 25.2 Å². The monoisotopic (exact) mass is 417 g/mol. The van der Waals surface area contributed by atoms with E-state index in [4.69, 9.17) is 0 Å². The van der Waals surface area contributed by atoms with Crippen LogP contribution in [0.25, 0.3) is 21.8 Å². The number of fused-ring (bicyclic) bond motifs is 1. The molecule has 142 valence electrons. The van der Waals surface area contributed by atoms with Crippen LogP contribution in [0.15, 0.2) is 58.8 Å². The number of hydrogen-bond donors (Lipinski definition) is 2. The van der Waals surface area contributed by atoms with Crippen molar-refractivity contribution in [1.82, 2.24) is 10.3 Å². The number of amides is 2. The smallest absolute Gasteiger partial charge is 0.872 e. The van der Waals surface area contributed by atoms with E-state index < -0.39 is 17.6 Å². The summed E-state index contributed by atoms with van der Waals surface area (Å²) in [5.41, 5.74) is 0.0661. The number of carbonyl (C=O) groups excluding carboxylic acids is 2. The molecule has 3 aromatic rings. The van der Waals surface area contributed by atoms with Crippen molar-refractivity contribution in [3.63, 3.8) is 0 Å². The van der Waals surface area contributed by atoms with Crippen LogP contribution >= 0.6 is 0 Å². The van der Waals surface area contributed by atoms with Crippen LogP contribution in [0.2, 0.25) is 0 Å². The molecule has 0 unspecified atom stereocenters. The third kappa shape index (κ3) is 3.91. The van der Waals surface area contributed by atoms with Crippen molar-refractivity contribution in [1.29, 1.82) is 0 Å². The van der Waals surface area contributed by atoms with Crippen LogP contribution in [-0.4, -0.2) is 29.7 Å². The number of rotatable bonds is 4. The summed E-state index contributed by atoms with van der Waals surface area (Å²) in [6, 6.07) is 12.7. The minimum absolute atomic E-state index is 0. The maximum atomic E-state index is 12.1. The number of para-hydroxylation sites is 1. The summed E-state index contributed by atoms with van der Waals surface area (Å²) in [5, 5.41) is 32.1. The van der Waals surface area contributed by atoms with Crippen LogP contribution in [0.5, 0.6) is 5.75 Å². The molecule has 2 N–H and O–H groups in total. The van der Waals surface area contributed by atoms with Gasteiger partial charge in [0.25, 0.3) is 11.8 Å². The molecule has 0 radical (unpaired) electrons. The fourth-order valence-electron chi connectivity index (χ4n) is 2.57. The van der Waals surface area contributed by atoms with Crippen LogP contribution in [0.4, 0.5) is 5.82 Å². The van der Waals surface area contributed by atoms with Gasteiger partial charge in [-0.15, -0.1) is 10.2 Å². The van der Waals surface area contributed by atoms with Crippen LogP contribution in [-0.2, 0) is 21.3 Å². The van der Waals surface area contributed by atoms with E-state index in [1.807, 2.05) is 5.87 Å². The Morgan fingerprint density at radius 3 is 2.39 bits per heavy atom. The predicted octanol–water partition coefficient (Wildman–Crippen LogP) is 2.53. The number of H-pyrrole nitrogens is 1. The third-order valence-corrected chi connectivity index (χ3v) is 3.87. The second-order valence-corrected chi connectivity index (χ2v) is 5.46. The fraction of sp³-hybridized carbons (Fsp3) is 0.0526. The maximum absolute atomic E-state index is 12.1. The van der Waals surface area contributed by atoms with Crippen molar-refractivity contribution >= 4 is 39.8 Å². The maximum Gasteiger partial charge on any atom is 2.00 e. The Balaban J connectivity index is 0.00000280. The van der Waals surface area contributed by atoms with E-state index in [1.54, 1.807) is 30.3 Å². The molecule has 2 amide bonds. The van der Waals surface area contributed by atoms with Crippen molar-refractivity contribution in [2.45, 2.75) is 0 Å². The van der Waals surface area contributed by atoms with Gasteiger partial charge < -0.3 is 20.8 Å². The van der Waals surface area contributed by atoms with Crippen molar-refractivity contribution in [2.24, 2.45) is 10.2 Å².